The molecule has 2 aromatic rings. The summed E-state index contributed by atoms with van der Waals surface area (Å²) >= 11 is 0. The van der Waals surface area contributed by atoms with Crippen molar-refractivity contribution in [3.05, 3.63) is 63.7 Å². The van der Waals surface area contributed by atoms with Crippen LogP contribution in [0.4, 0.5) is 17.1 Å². The minimum atomic E-state index is -0.491. The fourth-order valence-corrected chi connectivity index (χ4v) is 2.03. The zero-order chi connectivity index (χ0) is 15.2. The smallest absolute Gasteiger partial charge is 0.292 e. The van der Waals surface area contributed by atoms with Crippen LogP contribution in [0.5, 0.6) is 0 Å². The van der Waals surface area contributed by atoms with Crippen LogP contribution >= 0.6 is 0 Å². The van der Waals surface area contributed by atoms with E-state index in [9.17, 15) is 10.1 Å². The number of hydrogen-bond acceptors (Lipinski definition) is 5. The number of hydrogen-bond donors (Lipinski definition) is 3. The number of rotatable bonds is 6. The second-order valence-electron chi connectivity index (χ2n) is 4.74. The quantitative estimate of drug-likeness (QED) is 0.429. The molecule has 0 aromatic heterocycles. The number of nitrogens with two attached hydrogens (primary N) is 2. The van der Waals surface area contributed by atoms with Gasteiger partial charge in [0.05, 0.1) is 4.92 Å². The molecule has 0 aliphatic heterocycles. The van der Waals surface area contributed by atoms with Crippen molar-refractivity contribution in [2.24, 2.45) is 5.73 Å². The van der Waals surface area contributed by atoms with Gasteiger partial charge >= 0.3 is 0 Å². The Hall–Kier alpha value is -2.60. The maximum atomic E-state index is 10.7. The van der Waals surface area contributed by atoms with E-state index >= 15 is 0 Å². The molecule has 0 saturated carbocycles. The van der Waals surface area contributed by atoms with Gasteiger partial charge in [0.1, 0.15) is 5.69 Å². The van der Waals surface area contributed by atoms with Gasteiger partial charge in [0.25, 0.3) is 5.69 Å². The normalized spacial score (nSPS) is 10.3. The van der Waals surface area contributed by atoms with Crippen molar-refractivity contribution in [3.63, 3.8) is 0 Å². The highest BCUT2D eigenvalue weighted by Gasteiger charge is 2.10. The number of benzene rings is 2. The molecule has 0 bridgehead atoms. The van der Waals surface area contributed by atoms with Gasteiger partial charge in [-0.15, -0.1) is 0 Å². The Morgan fingerprint density at radius 1 is 1.10 bits per heavy atom. The molecule has 6 nitrogen and oxygen atoms in total. The first kappa shape index (κ1) is 14.8. The van der Waals surface area contributed by atoms with E-state index < -0.39 is 4.92 Å². The van der Waals surface area contributed by atoms with E-state index in [1.165, 1.54) is 11.6 Å². The van der Waals surface area contributed by atoms with E-state index in [0.29, 0.717) is 13.1 Å². The molecule has 2 rings (SSSR count). The molecule has 0 aliphatic carbocycles. The zero-order valence-corrected chi connectivity index (χ0v) is 11.6. The van der Waals surface area contributed by atoms with Crippen molar-refractivity contribution in [1.82, 2.24) is 0 Å². The topological polar surface area (TPSA) is 107 Å². The molecule has 5 N–H and O–H groups in total. The average molecular weight is 286 g/mol. The molecular formula is C15H18N4O2. The lowest BCUT2D eigenvalue weighted by Crippen LogP contribution is -2.04. The largest absolute Gasteiger partial charge is 0.393 e. The fourth-order valence-electron chi connectivity index (χ4n) is 2.03. The van der Waals surface area contributed by atoms with Crippen LogP contribution in [0.1, 0.15) is 11.1 Å². The molecular weight excluding hydrogens is 268 g/mol. The van der Waals surface area contributed by atoms with Crippen LogP contribution in [-0.4, -0.2) is 11.5 Å². The number of nitro benzene ring substituents is 1. The third kappa shape index (κ3) is 3.93. The Bertz CT molecular complexity index is 626. The summed E-state index contributed by atoms with van der Waals surface area (Å²) in [6.45, 7) is 1.26. The molecule has 21 heavy (non-hydrogen) atoms. The molecule has 6 heteroatoms. The van der Waals surface area contributed by atoms with Crippen molar-refractivity contribution in [2.75, 3.05) is 17.6 Å². The van der Waals surface area contributed by atoms with Gasteiger partial charge in [-0.3, -0.25) is 10.1 Å². The highest BCUT2D eigenvalue weighted by molar-refractivity contribution is 5.65. The van der Waals surface area contributed by atoms with Crippen LogP contribution in [-0.2, 0) is 13.0 Å². The summed E-state index contributed by atoms with van der Waals surface area (Å²) in [6.07, 6.45) is 0.868. The zero-order valence-electron chi connectivity index (χ0n) is 11.6. The second-order valence-corrected chi connectivity index (χ2v) is 4.74. The lowest BCUT2D eigenvalue weighted by molar-refractivity contribution is -0.383. The van der Waals surface area contributed by atoms with Crippen LogP contribution in [0.15, 0.2) is 42.5 Å². The molecule has 0 unspecified atom stereocenters. The average Bonchev–Trinajstić information content (AvgIpc) is 2.46. The van der Waals surface area contributed by atoms with Crippen molar-refractivity contribution in [1.29, 1.82) is 0 Å². The van der Waals surface area contributed by atoms with E-state index in [2.05, 4.69) is 5.32 Å². The Balaban J connectivity index is 1.99. The Kier molecular flexibility index (Phi) is 4.73. The number of nitro groups is 1. The van der Waals surface area contributed by atoms with Gasteiger partial charge in [0.15, 0.2) is 0 Å². The van der Waals surface area contributed by atoms with Crippen LogP contribution in [0.3, 0.4) is 0 Å². The molecule has 0 fully saturated rings. The Morgan fingerprint density at radius 2 is 1.76 bits per heavy atom. The highest BCUT2D eigenvalue weighted by Crippen LogP contribution is 2.24. The third-order valence-electron chi connectivity index (χ3n) is 3.18. The predicted octanol–water partition coefficient (Wildman–Crippen LogP) is 2.29. The van der Waals surface area contributed by atoms with Crippen LogP contribution < -0.4 is 16.8 Å². The number of nitrogen functional groups attached to an aromatic ring is 1. The molecule has 110 valence electrons. The number of nitrogens with zero attached hydrogens (tertiary/aromatic N) is 1. The lowest BCUT2D eigenvalue weighted by Gasteiger charge is -2.08. The van der Waals surface area contributed by atoms with E-state index in [4.69, 9.17) is 11.5 Å². The van der Waals surface area contributed by atoms with Gasteiger partial charge in [-0.1, -0.05) is 24.3 Å². The summed E-state index contributed by atoms with van der Waals surface area (Å²) in [5, 5.41) is 13.9. The van der Waals surface area contributed by atoms with Crippen molar-refractivity contribution in [2.45, 2.75) is 13.0 Å². The van der Waals surface area contributed by atoms with Gasteiger partial charge in [0, 0.05) is 18.3 Å². The Morgan fingerprint density at radius 3 is 2.33 bits per heavy atom. The summed E-state index contributed by atoms with van der Waals surface area (Å²) in [7, 11) is 0. The first-order chi connectivity index (χ1) is 10.1. The fraction of sp³-hybridized carbons (Fsp3) is 0.200. The molecule has 0 saturated heterocycles. The van der Waals surface area contributed by atoms with E-state index in [-0.39, 0.29) is 11.4 Å². The minimum Gasteiger partial charge on any atom is -0.393 e. The highest BCUT2D eigenvalue weighted by atomic mass is 16.6. The first-order valence-corrected chi connectivity index (χ1v) is 6.66. The summed E-state index contributed by atoms with van der Waals surface area (Å²) in [5.74, 6) is 0. The third-order valence-corrected chi connectivity index (χ3v) is 3.18. The van der Waals surface area contributed by atoms with Crippen LogP contribution in [0, 0.1) is 10.1 Å². The molecule has 0 heterocycles. The molecule has 2 aromatic carbocycles. The van der Waals surface area contributed by atoms with Crippen LogP contribution in [0.25, 0.3) is 0 Å². The minimum absolute atomic E-state index is 0.0771. The predicted molar refractivity (Wildman–Crippen MR) is 84.0 cm³/mol. The van der Waals surface area contributed by atoms with E-state index in [1.54, 1.807) is 12.1 Å². The van der Waals surface area contributed by atoms with Gasteiger partial charge < -0.3 is 16.8 Å². The van der Waals surface area contributed by atoms with Gasteiger partial charge in [-0.05, 0) is 36.2 Å². The monoisotopic (exact) mass is 286 g/mol. The Labute approximate surface area is 122 Å². The maximum absolute atomic E-state index is 10.7. The summed E-state index contributed by atoms with van der Waals surface area (Å²) in [6, 6.07) is 12.8. The molecule has 0 atom stereocenters. The van der Waals surface area contributed by atoms with Crippen molar-refractivity contribution < 1.29 is 4.92 Å². The summed E-state index contributed by atoms with van der Waals surface area (Å²) in [5.41, 5.74) is 14.3. The summed E-state index contributed by atoms with van der Waals surface area (Å²) < 4.78 is 0. The van der Waals surface area contributed by atoms with Crippen LogP contribution in [0.2, 0.25) is 0 Å². The number of anilines is 2. The van der Waals surface area contributed by atoms with Gasteiger partial charge in [-0.25, -0.2) is 0 Å². The second kappa shape index (κ2) is 6.71. The molecule has 0 aliphatic rings. The lowest BCUT2D eigenvalue weighted by atomic mass is 10.1. The molecule has 0 amide bonds. The number of nitrogens with one attached hydrogen (secondary N) is 1. The van der Waals surface area contributed by atoms with Crippen molar-refractivity contribution in [3.8, 4) is 0 Å². The summed E-state index contributed by atoms with van der Waals surface area (Å²) in [4.78, 5) is 10.2. The van der Waals surface area contributed by atoms with Gasteiger partial charge in [0.2, 0.25) is 0 Å². The van der Waals surface area contributed by atoms with E-state index in [0.717, 1.165) is 17.7 Å². The standard InChI is InChI=1S/C15H18N4O2/c16-8-7-11-1-3-12(4-2-11)10-18-13-5-6-15(19(20)21)14(17)9-13/h1-6,9,18H,7-8,10,16-17H2. The van der Waals surface area contributed by atoms with E-state index in [1.807, 2.05) is 24.3 Å². The molecule has 0 spiro atoms. The van der Waals surface area contributed by atoms with Crippen molar-refractivity contribution >= 4 is 17.1 Å². The molecule has 0 radical (unpaired) electrons. The van der Waals surface area contributed by atoms with Gasteiger partial charge in [-0.2, -0.15) is 0 Å². The maximum Gasteiger partial charge on any atom is 0.292 e. The SMILES string of the molecule is NCCc1ccc(CNc2ccc([N+](=O)[O-])c(N)c2)cc1. The first-order valence-electron chi connectivity index (χ1n) is 6.66.